The predicted molar refractivity (Wildman–Crippen MR) is 90.9 cm³/mol. The van der Waals surface area contributed by atoms with Crippen molar-refractivity contribution in [2.75, 3.05) is 31.3 Å². The third-order valence-electron chi connectivity index (χ3n) is 3.87. The summed E-state index contributed by atoms with van der Waals surface area (Å²) in [5.74, 6) is -0.0168. The molecule has 0 spiro atoms. The minimum Gasteiger partial charge on any atom is -0.397 e. The van der Waals surface area contributed by atoms with Crippen LogP contribution in [0.3, 0.4) is 0 Å². The highest BCUT2D eigenvalue weighted by Crippen LogP contribution is 2.27. The van der Waals surface area contributed by atoms with E-state index in [0.29, 0.717) is 17.3 Å². The molecule has 1 aromatic rings. The van der Waals surface area contributed by atoms with Crippen molar-refractivity contribution in [2.24, 2.45) is 0 Å². The Morgan fingerprint density at radius 1 is 1.29 bits per heavy atom. The molecule has 1 unspecified atom stereocenters. The van der Waals surface area contributed by atoms with E-state index in [1.165, 1.54) is 0 Å². The Hall–Kier alpha value is -1.71. The fraction of sp³-hybridized carbons (Fsp3) is 0.588. The molecule has 4 nitrogen and oxygen atoms in total. The lowest BCUT2D eigenvalue weighted by Crippen LogP contribution is -2.34. The second-order valence-electron chi connectivity index (χ2n) is 5.78. The zero-order chi connectivity index (χ0) is 16.0. The van der Waals surface area contributed by atoms with Gasteiger partial charge in [0.1, 0.15) is 0 Å². The average Bonchev–Trinajstić information content (AvgIpc) is 2.47. The van der Waals surface area contributed by atoms with E-state index in [9.17, 15) is 4.79 Å². The van der Waals surface area contributed by atoms with Gasteiger partial charge in [0.25, 0.3) is 5.91 Å². The first-order chi connectivity index (χ1) is 9.92. The number of hydrogen-bond acceptors (Lipinski definition) is 3. The van der Waals surface area contributed by atoms with Crippen molar-refractivity contribution in [1.82, 2.24) is 4.90 Å². The van der Waals surface area contributed by atoms with Crippen LogP contribution in [0.15, 0.2) is 18.2 Å². The molecule has 1 rings (SSSR count). The number of rotatable bonds is 7. The van der Waals surface area contributed by atoms with Crippen molar-refractivity contribution in [3.05, 3.63) is 23.8 Å². The van der Waals surface area contributed by atoms with Gasteiger partial charge in [-0.05, 0) is 38.0 Å². The molecule has 0 aliphatic carbocycles. The summed E-state index contributed by atoms with van der Waals surface area (Å²) in [6.07, 6.45) is 3.37. The highest BCUT2D eigenvalue weighted by atomic mass is 16.2. The van der Waals surface area contributed by atoms with Crippen molar-refractivity contribution in [3.63, 3.8) is 0 Å². The minimum atomic E-state index is -0.0168. The van der Waals surface area contributed by atoms with Crippen LogP contribution in [-0.2, 0) is 0 Å². The van der Waals surface area contributed by atoms with Crippen LogP contribution in [0.2, 0.25) is 0 Å². The Morgan fingerprint density at radius 3 is 2.43 bits per heavy atom. The van der Waals surface area contributed by atoms with Crippen LogP contribution < -0.4 is 10.6 Å². The number of benzene rings is 1. The zero-order valence-electron chi connectivity index (χ0n) is 14.0. The standard InChI is InChI=1S/C17H29N3O/c1-6-8-11-20(13(3)7-2)16-10-9-14(12-15(16)18)17(21)19(4)5/h9-10,12-13H,6-8,11,18H2,1-5H3. The molecule has 118 valence electrons. The van der Waals surface area contributed by atoms with Crippen molar-refractivity contribution in [3.8, 4) is 0 Å². The summed E-state index contributed by atoms with van der Waals surface area (Å²) in [4.78, 5) is 15.9. The van der Waals surface area contributed by atoms with Gasteiger partial charge in [-0.3, -0.25) is 4.79 Å². The van der Waals surface area contributed by atoms with E-state index in [1.807, 2.05) is 12.1 Å². The van der Waals surface area contributed by atoms with E-state index < -0.39 is 0 Å². The maximum absolute atomic E-state index is 12.0. The van der Waals surface area contributed by atoms with Gasteiger partial charge in [0.05, 0.1) is 11.4 Å². The molecule has 0 aliphatic heterocycles. The molecule has 0 radical (unpaired) electrons. The van der Waals surface area contributed by atoms with Gasteiger partial charge in [-0.2, -0.15) is 0 Å². The van der Waals surface area contributed by atoms with Crippen LogP contribution in [0.1, 0.15) is 50.4 Å². The Morgan fingerprint density at radius 2 is 1.95 bits per heavy atom. The average molecular weight is 291 g/mol. The molecular weight excluding hydrogens is 262 g/mol. The number of anilines is 2. The topological polar surface area (TPSA) is 49.6 Å². The van der Waals surface area contributed by atoms with Gasteiger partial charge in [0.2, 0.25) is 0 Å². The van der Waals surface area contributed by atoms with Gasteiger partial charge in [-0.25, -0.2) is 0 Å². The predicted octanol–water partition coefficient (Wildman–Crippen LogP) is 3.38. The lowest BCUT2D eigenvalue weighted by molar-refractivity contribution is 0.0827. The molecule has 1 amide bonds. The summed E-state index contributed by atoms with van der Waals surface area (Å²) in [6, 6.07) is 6.08. The number of amides is 1. The minimum absolute atomic E-state index is 0.0168. The number of unbranched alkanes of at least 4 members (excludes halogenated alkanes) is 1. The highest BCUT2D eigenvalue weighted by Gasteiger charge is 2.17. The highest BCUT2D eigenvalue weighted by molar-refractivity contribution is 5.95. The Balaban J connectivity index is 3.07. The summed E-state index contributed by atoms with van der Waals surface area (Å²) < 4.78 is 0. The summed E-state index contributed by atoms with van der Waals surface area (Å²) in [5.41, 5.74) is 8.57. The lowest BCUT2D eigenvalue weighted by atomic mass is 10.1. The molecule has 21 heavy (non-hydrogen) atoms. The van der Waals surface area contributed by atoms with E-state index in [4.69, 9.17) is 5.73 Å². The van der Waals surface area contributed by atoms with Gasteiger partial charge in [-0.15, -0.1) is 0 Å². The monoisotopic (exact) mass is 291 g/mol. The van der Waals surface area contributed by atoms with E-state index in [0.717, 1.165) is 31.5 Å². The summed E-state index contributed by atoms with van der Waals surface area (Å²) in [7, 11) is 3.50. The maximum Gasteiger partial charge on any atom is 0.253 e. The second kappa shape index (κ2) is 7.91. The van der Waals surface area contributed by atoms with Crippen molar-refractivity contribution < 1.29 is 4.79 Å². The van der Waals surface area contributed by atoms with Gasteiger partial charge in [0, 0.05) is 32.2 Å². The molecule has 2 N–H and O–H groups in total. The van der Waals surface area contributed by atoms with Crippen molar-refractivity contribution in [1.29, 1.82) is 0 Å². The molecule has 1 aromatic carbocycles. The molecule has 0 saturated heterocycles. The lowest BCUT2D eigenvalue weighted by Gasteiger charge is -2.32. The molecule has 1 atom stereocenters. The van der Waals surface area contributed by atoms with Crippen molar-refractivity contribution >= 4 is 17.3 Å². The number of nitrogens with two attached hydrogens (primary N) is 1. The summed E-state index contributed by atoms with van der Waals surface area (Å²) in [5, 5.41) is 0. The van der Waals surface area contributed by atoms with E-state index >= 15 is 0 Å². The number of nitrogens with zero attached hydrogens (tertiary/aromatic N) is 2. The fourth-order valence-corrected chi connectivity index (χ4v) is 2.33. The molecule has 0 saturated carbocycles. The fourth-order valence-electron chi connectivity index (χ4n) is 2.33. The molecule has 0 aliphatic rings. The normalized spacial score (nSPS) is 12.0. The summed E-state index contributed by atoms with van der Waals surface area (Å²) in [6.45, 7) is 7.59. The number of carbonyl (C=O) groups is 1. The van der Waals surface area contributed by atoms with Crippen LogP contribution in [0.4, 0.5) is 11.4 Å². The van der Waals surface area contributed by atoms with Crippen molar-refractivity contribution in [2.45, 2.75) is 46.1 Å². The maximum atomic E-state index is 12.0. The zero-order valence-corrected chi connectivity index (χ0v) is 14.0. The van der Waals surface area contributed by atoms with Gasteiger partial charge >= 0.3 is 0 Å². The van der Waals surface area contributed by atoms with Crippen LogP contribution in [0, 0.1) is 0 Å². The quantitative estimate of drug-likeness (QED) is 0.784. The van der Waals surface area contributed by atoms with Crippen LogP contribution in [0.5, 0.6) is 0 Å². The number of carbonyl (C=O) groups excluding carboxylic acids is 1. The SMILES string of the molecule is CCCCN(c1ccc(C(=O)N(C)C)cc1N)C(C)CC. The Bertz CT molecular complexity index is 471. The molecular formula is C17H29N3O. The third kappa shape index (κ3) is 4.38. The first kappa shape index (κ1) is 17.3. The molecule has 4 heteroatoms. The van der Waals surface area contributed by atoms with Crippen LogP contribution in [0.25, 0.3) is 0 Å². The first-order valence-corrected chi connectivity index (χ1v) is 7.80. The van der Waals surface area contributed by atoms with E-state index in [2.05, 4.69) is 25.7 Å². The van der Waals surface area contributed by atoms with E-state index in [1.54, 1.807) is 25.1 Å². The Kier molecular flexibility index (Phi) is 6.53. The molecule has 0 bridgehead atoms. The van der Waals surface area contributed by atoms with Gasteiger partial charge in [-0.1, -0.05) is 20.3 Å². The van der Waals surface area contributed by atoms with Crippen LogP contribution >= 0.6 is 0 Å². The first-order valence-electron chi connectivity index (χ1n) is 7.80. The number of nitrogen functional groups attached to an aromatic ring is 1. The molecule has 0 fully saturated rings. The summed E-state index contributed by atoms with van der Waals surface area (Å²) >= 11 is 0. The molecule has 0 aromatic heterocycles. The third-order valence-corrected chi connectivity index (χ3v) is 3.87. The van der Waals surface area contributed by atoms with Gasteiger partial charge in [0.15, 0.2) is 0 Å². The second-order valence-corrected chi connectivity index (χ2v) is 5.78. The van der Waals surface area contributed by atoms with E-state index in [-0.39, 0.29) is 5.91 Å². The van der Waals surface area contributed by atoms with Gasteiger partial charge < -0.3 is 15.5 Å². The molecule has 0 heterocycles. The van der Waals surface area contributed by atoms with Crippen LogP contribution in [-0.4, -0.2) is 37.5 Å². The number of hydrogen-bond donors (Lipinski definition) is 1. The largest absolute Gasteiger partial charge is 0.397 e. The smallest absolute Gasteiger partial charge is 0.253 e. The Labute approximate surface area is 128 Å².